The monoisotopic (exact) mass is 940 g/mol. The molecule has 9 rings (SSSR count). The van der Waals surface area contributed by atoms with Crippen LogP contribution in [-0.2, 0) is 28.7 Å². The van der Waals surface area contributed by atoms with Gasteiger partial charge in [0.05, 0.1) is 24.0 Å². The Bertz CT molecular complexity index is 2040. The molecule has 11 nitrogen and oxygen atoms in total. The molecule has 2 aliphatic carbocycles. The Morgan fingerprint density at radius 2 is 1.02 bits per heavy atom. The number of allylic oxidation sites excluding steroid dienone is 2. The van der Waals surface area contributed by atoms with Crippen molar-refractivity contribution in [2.45, 2.75) is 99.7 Å². The van der Waals surface area contributed by atoms with Gasteiger partial charge in [-0.25, -0.2) is 9.59 Å². The average Bonchev–Trinajstić information content (AvgIpc) is 3.60. The molecule has 3 aromatic carbocycles. The van der Waals surface area contributed by atoms with Crippen molar-refractivity contribution in [1.82, 2.24) is 10.6 Å². The first-order valence-corrected chi connectivity index (χ1v) is 26.2. The number of halogens is 3. The van der Waals surface area contributed by atoms with Crippen molar-refractivity contribution in [2.75, 3.05) is 12.5 Å². The van der Waals surface area contributed by atoms with Crippen molar-refractivity contribution in [3.63, 3.8) is 0 Å². The molecule has 0 radical (unpaired) electrons. The second-order valence-corrected chi connectivity index (χ2v) is 25.8. The molecule has 3 aromatic rings. The molecule has 15 heteroatoms. The maximum absolute atomic E-state index is 12.2. The molecule has 4 aliphatic heterocycles. The van der Waals surface area contributed by atoms with E-state index in [1.165, 1.54) is 0 Å². The van der Waals surface area contributed by atoms with Crippen LogP contribution in [0.1, 0.15) is 65.2 Å². The van der Waals surface area contributed by atoms with Crippen molar-refractivity contribution in [2.24, 2.45) is 23.7 Å². The fourth-order valence-electron chi connectivity index (χ4n) is 10.5. The summed E-state index contributed by atoms with van der Waals surface area (Å²) >= 11 is 20.3. The van der Waals surface area contributed by atoms with Crippen LogP contribution in [0.2, 0.25) is 0 Å². The summed E-state index contributed by atoms with van der Waals surface area (Å²) in [5.41, 5.74) is -4.81. The van der Waals surface area contributed by atoms with Gasteiger partial charge in [0.15, 0.2) is 11.2 Å². The van der Waals surface area contributed by atoms with E-state index in [1.54, 1.807) is 13.8 Å². The van der Waals surface area contributed by atoms with E-state index in [9.17, 15) is 29.4 Å². The number of esters is 2. The number of aliphatic hydroxyl groups is 3. The first-order chi connectivity index (χ1) is 30.1. The Kier molecular flexibility index (Phi) is 13.7. The summed E-state index contributed by atoms with van der Waals surface area (Å²) in [4.78, 5) is 48.7. The van der Waals surface area contributed by atoms with Gasteiger partial charge in [-0.3, -0.25) is 9.59 Å². The fraction of sp³-hybridized carbons (Fsp3) is 0.458. The summed E-state index contributed by atoms with van der Waals surface area (Å²) in [5.74, 6) is -2.84. The normalized spacial score (nSPS) is 33.0. The molecule has 0 unspecified atom stereocenters. The van der Waals surface area contributed by atoms with Crippen LogP contribution in [0.15, 0.2) is 115 Å². The number of ether oxygens (including phenoxy) is 2. The van der Waals surface area contributed by atoms with Gasteiger partial charge in [0.2, 0.25) is 22.9 Å². The first kappa shape index (κ1) is 47.2. The third kappa shape index (κ3) is 7.53. The molecule has 0 bridgehead atoms. The van der Waals surface area contributed by atoms with Crippen LogP contribution in [-0.4, -0.2) is 86.0 Å². The minimum absolute atomic E-state index is 0.138. The van der Waals surface area contributed by atoms with Gasteiger partial charge in [0.1, 0.15) is 0 Å². The molecule has 0 saturated carbocycles. The number of carbonyl (C=O) groups excluding carboxylic acids is 4. The summed E-state index contributed by atoms with van der Waals surface area (Å²) in [6.07, 6.45) is 12.0. The Balaban J connectivity index is 0.000000142. The van der Waals surface area contributed by atoms with Crippen molar-refractivity contribution in [1.29, 1.82) is 0 Å². The minimum atomic E-state index is -3.43. The van der Waals surface area contributed by atoms with E-state index in [-0.39, 0.29) is 36.7 Å². The van der Waals surface area contributed by atoms with E-state index in [2.05, 4.69) is 10.6 Å². The van der Waals surface area contributed by atoms with Gasteiger partial charge in [-0.05, 0) is 65.2 Å². The Hall–Kier alpha value is -3.80. The van der Waals surface area contributed by atoms with Gasteiger partial charge < -0.3 is 35.4 Å². The predicted molar refractivity (Wildman–Crippen MR) is 247 cm³/mol. The summed E-state index contributed by atoms with van der Waals surface area (Å²) in [7, 11) is 0. The predicted octanol–water partition coefficient (Wildman–Crippen LogP) is 5.84. The number of hydrogen-bond acceptors (Lipinski definition) is 9. The average molecular weight is 942 g/mol. The fourth-order valence-corrected chi connectivity index (χ4v) is 15.7. The van der Waals surface area contributed by atoms with Gasteiger partial charge in [-0.2, -0.15) is 0 Å². The molecular weight excluding hydrogens is 886 g/mol. The second kappa shape index (κ2) is 18.2. The van der Waals surface area contributed by atoms with Crippen LogP contribution < -0.4 is 26.5 Å². The summed E-state index contributed by atoms with van der Waals surface area (Å²) in [6.45, 7) is 3.22. The zero-order valence-corrected chi connectivity index (χ0v) is 38.5. The topological polar surface area (TPSA) is 171 Å². The summed E-state index contributed by atoms with van der Waals surface area (Å²) in [5, 5.41) is 35.6. The van der Waals surface area contributed by atoms with E-state index in [1.807, 2.05) is 115 Å². The zero-order valence-electron chi connectivity index (χ0n) is 35.4. The number of alkyl halides is 1. The number of fused-ring (bicyclic) bond motifs is 2. The third-order valence-corrected chi connectivity index (χ3v) is 21.5. The van der Waals surface area contributed by atoms with Crippen LogP contribution in [0, 0.1) is 23.7 Å². The van der Waals surface area contributed by atoms with Gasteiger partial charge in [0, 0.05) is 24.3 Å². The molecule has 0 aromatic heterocycles. The Labute approximate surface area is 383 Å². The molecule has 6 aliphatic rings. The van der Waals surface area contributed by atoms with Gasteiger partial charge >= 0.3 is 147 Å². The third-order valence-electron chi connectivity index (χ3n) is 14.1. The molecule has 0 spiro atoms. The number of carbonyl (C=O) groups is 4. The first-order valence-electron chi connectivity index (χ1n) is 21.7. The maximum atomic E-state index is 12.2. The molecule has 4 heterocycles. The van der Waals surface area contributed by atoms with Gasteiger partial charge in [0.25, 0.3) is 0 Å². The zero-order chi connectivity index (χ0) is 45.3. The van der Waals surface area contributed by atoms with Crippen LogP contribution in [0.5, 0.6) is 0 Å². The van der Waals surface area contributed by atoms with Crippen molar-refractivity contribution in [3.05, 3.63) is 115 Å². The molecule has 5 N–H and O–H groups in total. The number of nitrogens with one attached hydrogen (secondary N) is 2. The van der Waals surface area contributed by atoms with E-state index >= 15 is 0 Å². The molecule has 4 saturated heterocycles. The quantitative estimate of drug-likeness (QED) is 0.0686. The molecule has 4 fully saturated rings. The van der Waals surface area contributed by atoms with Crippen LogP contribution >= 0.6 is 39.4 Å². The second-order valence-electron chi connectivity index (χ2n) is 17.5. The van der Waals surface area contributed by atoms with Crippen molar-refractivity contribution >= 4 is 79.1 Å². The molecule has 338 valence electrons. The van der Waals surface area contributed by atoms with Crippen molar-refractivity contribution < 1.29 is 44.0 Å². The summed E-state index contributed by atoms with van der Waals surface area (Å²) in [6, 6.07) is 29.9. The number of aliphatic hydroxyl groups excluding tert-OH is 3. The SMILES string of the molecule is C[C@@]12OC(=O)[C@]1([C@H](O)[C@@H]1C=CCCC1)NC(=O)[C@@H]2CCCl.C[C@@]12OC(=O)[C@]1([C@H](O)[C@@H]1C=CCCC1)NC(=O)[C@@H]2CCO.ClP(Cl)(c1ccccc1)(c1ccccc1)c1ccccc1. The van der Waals surface area contributed by atoms with Crippen LogP contribution in [0.3, 0.4) is 0 Å². The Morgan fingerprint density at radius 3 is 1.32 bits per heavy atom. The number of rotatable bonds is 11. The number of hydrogen-bond donors (Lipinski definition) is 5. The molecule has 2 amide bonds. The summed E-state index contributed by atoms with van der Waals surface area (Å²) < 4.78 is 10.6. The van der Waals surface area contributed by atoms with Gasteiger partial charge in [-0.15, -0.1) is 11.6 Å². The van der Waals surface area contributed by atoms with Crippen molar-refractivity contribution in [3.8, 4) is 0 Å². The van der Waals surface area contributed by atoms with E-state index in [0.29, 0.717) is 12.3 Å². The van der Waals surface area contributed by atoms with E-state index in [0.717, 1.165) is 54.4 Å². The standard InChI is InChI=1S/C18H15Cl2P.C15H20ClNO4.C15H21NO5/c19-21(20,16-10-4-1-5-11-16,17-12-6-2-7-13-17)18-14-8-3-9-15-18;1-14-10(7-8-16)12(19)17-15(14,13(20)21-14)11(18)9-5-3-2-4-6-9;1-14-10(7-8-17)12(19)16-15(14,13(20)21-14)11(18)9-5-3-2-4-6-9/h1-15H;3,5,9-11,18H,2,4,6-8H2,1H3,(H,17,19);3,5,9-11,17-18H,2,4,6-8H2,1H3,(H,16,19)/t;2*9-,10+,11-,14+,15+/m.11/s1. The number of amides is 2. The van der Waals surface area contributed by atoms with Crippen LogP contribution in [0.4, 0.5) is 0 Å². The molecular formula is C48H56Cl3N2O9P. The van der Waals surface area contributed by atoms with Crippen LogP contribution in [0.25, 0.3) is 0 Å². The molecule has 10 atom stereocenters. The van der Waals surface area contributed by atoms with E-state index < -0.39 is 63.6 Å². The van der Waals surface area contributed by atoms with Gasteiger partial charge in [-0.1, -0.05) is 24.3 Å². The Morgan fingerprint density at radius 1 is 0.651 bits per heavy atom. The number of benzene rings is 3. The molecule has 63 heavy (non-hydrogen) atoms. The van der Waals surface area contributed by atoms with E-state index in [4.69, 9.17) is 48.7 Å².